The van der Waals surface area contributed by atoms with E-state index in [9.17, 15) is 4.79 Å². The molecule has 0 saturated heterocycles. The second-order valence-electron chi connectivity index (χ2n) is 7.73. The largest absolute Gasteiger partial charge is 0.497 e. The van der Waals surface area contributed by atoms with E-state index in [2.05, 4.69) is 55.4 Å². The summed E-state index contributed by atoms with van der Waals surface area (Å²) in [6.45, 7) is 6.81. The van der Waals surface area contributed by atoms with Crippen molar-refractivity contribution in [1.29, 1.82) is 0 Å². The lowest BCUT2D eigenvalue weighted by molar-refractivity contribution is 0.0955. The third-order valence-corrected chi connectivity index (χ3v) is 5.37. The van der Waals surface area contributed by atoms with Gasteiger partial charge in [0.2, 0.25) is 0 Å². The van der Waals surface area contributed by atoms with Crippen LogP contribution in [0.1, 0.15) is 54.6 Å². The van der Waals surface area contributed by atoms with Crippen LogP contribution in [-0.2, 0) is 0 Å². The summed E-state index contributed by atoms with van der Waals surface area (Å²) < 4.78 is 5.14. The molecule has 27 heavy (non-hydrogen) atoms. The monoisotopic (exact) mass is 365 g/mol. The second kappa shape index (κ2) is 7.43. The first kappa shape index (κ1) is 19.0. The molecule has 1 N–H and O–H groups in total. The molecule has 0 fully saturated rings. The Morgan fingerprint density at radius 2 is 2.07 bits per heavy atom. The first-order valence-electron chi connectivity index (χ1n) is 9.17. The van der Waals surface area contributed by atoms with Crippen molar-refractivity contribution in [2.75, 3.05) is 19.1 Å². The number of nitrogens with one attached hydrogen (secondary N) is 1. The predicted molar refractivity (Wildman–Crippen MR) is 110 cm³/mol. The minimum Gasteiger partial charge on any atom is -0.497 e. The number of hydrogen-bond donors (Lipinski definition) is 1. The SMILES string of the molecule is COc1cccc(C(=O)N/N=C\c2ccc3c(c2)C(C)CC(C)(C)N3C)c1. The first-order chi connectivity index (χ1) is 12.8. The molecule has 1 atom stereocenters. The lowest BCUT2D eigenvalue weighted by atomic mass is 9.80. The molecule has 0 bridgehead atoms. The van der Waals surface area contributed by atoms with Crippen molar-refractivity contribution in [3.63, 3.8) is 0 Å². The van der Waals surface area contributed by atoms with Gasteiger partial charge < -0.3 is 9.64 Å². The lowest BCUT2D eigenvalue weighted by Crippen LogP contribution is -2.45. The summed E-state index contributed by atoms with van der Waals surface area (Å²) in [4.78, 5) is 14.6. The summed E-state index contributed by atoms with van der Waals surface area (Å²) >= 11 is 0. The highest BCUT2D eigenvalue weighted by atomic mass is 16.5. The van der Waals surface area contributed by atoms with E-state index in [-0.39, 0.29) is 11.4 Å². The number of rotatable bonds is 4. The Morgan fingerprint density at radius 1 is 1.30 bits per heavy atom. The zero-order chi connectivity index (χ0) is 19.6. The van der Waals surface area contributed by atoms with Crippen molar-refractivity contribution in [3.8, 4) is 5.75 Å². The topological polar surface area (TPSA) is 53.9 Å². The van der Waals surface area contributed by atoms with Gasteiger partial charge >= 0.3 is 0 Å². The summed E-state index contributed by atoms with van der Waals surface area (Å²) in [5.41, 5.74) is 6.78. The Hall–Kier alpha value is -2.82. The summed E-state index contributed by atoms with van der Waals surface area (Å²) in [5.74, 6) is 0.853. The molecule has 2 aromatic carbocycles. The van der Waals surface area contributed by atoms with Crippen LogP contribution in [0.4, 0.5) is 5.69 Å². The Labute approximate surface area is 161 Å². The van der Waals surface area contributed by atoms with E-state index in [0.29, 0.717) is 17.2 Å². The van der Waals surface area contributed by atoms with Gasteiger partial charge in [-0.25, -0.2) is 5.43 Å². The van der Waals surface area contributed by atoms with E-state index in [0.717, 1.165) is 12.0 Å². The molecular weight excluding hydrogens is 338 g/mol. The molecule has 2 aromatic rings. The average molecular weight is 365 g/mol. The van der Waals surface area contributed by atoms with Crippen LogP contribution >= 0.6 is 0 Å². The summed E-state index contributed by atoms with van der Waals surface area (Å²) in [6.07, 6.45) is 2.79. The van der Waals surface area contributed by atoms with E-state index < -0.39 is 0 Å². The number of carbonyl (C=O) groups excluding carboxylic acids is 1. The average Bonchev–Trinajstić information content (AvgIpc) is 2.66. The van der Waals surface area contributed by atoms with Crippen LogP contribution < -0.4 is 15.1 Å². The van der Waals surface area contributed by atoms with Crippen molar-refractivity contribution in [2.45, 2.75) is 38.6 Å². The van der Waals surface area contributed by atoms with Crippen LogP contribution in [0.15, 0.2) is 47.6 Å². The van der Waals surface area contributed by atoms with Gasteiger partial charge in [0.05, 0.1) is 13.3 Å². The molecule has 5 nitrogen and oxygen atoms in total. The number of nitrogens with zero attached hydrogens (tertiary/aromatic N) is 2. The highest BCUT2D eigenvalue weighted by Gasteiger charge is 2.33. The number of amides is 1. The maximum atomic E-state index is 12.2. The molecule has 1 amide bonds. The Bertz CT molecular complexity index is 874. The van der Waals surface area contributed by atoms with Gasteiger partial charge in [0, 0.05) is 23.8 Å². The fourth-order valence-corrected chi connectivity index (χ4v) is 3.67. The van der Waals surface area contributed by atoms with Gasteiger partial charge in [0.1, 0.15) is 5.75 Å². The minimum absolute atomic E-state index is 0.146. The summed E-state index contributed by atoms with van der Waals surface area (Å²) in [5, 5.41) is 4.12. The summed E-state index contributed by atoms with van der Waals surface area (Å²) in [6, 6.07) is 13.3. The number of anilines is 1. The van der Waals surface area contributed by atoms with Gasteiger partial charge in [-0.15, -0.1) is 0 Å². The third-order valence-electron chi connectivity index (χ3n) is 5.37. The number of methoxy groups -OCH3 is 1. The molecule has 1 unspecified atom stereocenters. The molecule has 1 heterocycles. The fourth-order valence-electron chi connectivity index (χ4n) is 3.67. The molecule has 0 aliphatic carbocycles. The molecule has 3 rings (SSSR count). The van der Waals surface area contributed by atoms with Gasteiger partial charge in [0.15, 0.2) is 0 Å². The number of benzene rings is 2. The van der Waals surface area contributed by atoms with E-state index >= 15 is 0 Å². The highest BCUT2D eigenvalue weighted by Crippen LogP contribution is 2.42. The second-order valence-corrected chi connectivity index (χ2v) is 7.73. The Balaban J connectivity index is 1.73. The molecule has 0 spiro atoms. The fraction of sp³-hybridized carbons (Fsp3) is 0.364. The van der Waals surface area contributed by atoms with Crippen LogP contribution in [0.5, 0.6) is 5.75 Å². The maximum Gasteiger partial charge on any atom is 0.271 e. The Kier molecular flexibility index (Phi) is 5.22. The number of hydrazone groups is 1. The van der Waals surface area contributed by atoms with Gasteiger partial charge in [0.25, 0.3) is 5.91 Å². The predicted octanol–water partition coefficient (Wildman–Crippen LogP) is 4.18. The normalized spacial score (nSPS) is 18.3. The quantitative estimate of drug-likeness (QED) is 0.653. The van der Waals surface area contributed by atoms with Crippen molar-refractivity contribution in [1.82, 2.24) is 5.43 Å². The molecule has 0 aromatic heterocycles. The van der Waals surface area contributed by atoms with E-state index in [1.54, 1.807) is 37.6 Å². The van der Waals surface area contributed by atoms with Crippen molar-refractivity contribution in [2.24, 2.45) is 5.10 Å². The van der Waals surface area contributed by atoms with Gasteiger partial charge in [-0.05, 0) is 67.6 Å². The van der Waals surface area contributed by atoms with Crippen molar-refractivity contribution in [3.05, 3.63) is 59.2 Å². The maximum absolute atomic E-state index is 12.2. The molecule has 1 aliphatic heterocycles. The standard InChI is InChI=1S/C22H27N3O2/c1-15-13-22(2,3)25(4)20-10-9-16(11-19(15)20)14-23-24-21(26)17-7-6-8-18(12-17)27-5/h6-12,14-15H,13H2,1-5H3,(H,24,26)/b23-14-. The molecule has 1 aliphatic rings. The zero-order valence-electron chi connectivity index (χ0n) is 16.6. The molecule has 0 radical (unpaired) electrons. The van der Waals surface area contributed by atoms with Crippen LogP contribution in [0.3, 0.4) is 0 Å². The van der Waals surface area contributed by atoms with Gasteiger partial charge in [-0.3, -0.25) is 4.79 Å². The van der Waals surface area contributed by atoms with Gasteiger partial charge in [-0.1, -0.05) is 19.1 Å². The van der Waals surface area contributed by atoms with Crippen molar-refractivity contribution < 1.29 is 9.53 Å². The Morgan fingerprint density at radius 3 is 2.81 bits per heavy atom. The number of hydrogen-bond acceptors (Lipinski definition) is 4. The van der Waals surface area contributed by atoms with Crippen molar-refractivity contribution >= 4 is 17.8 Å². The van der Waals surface area contributed by atoms with Gasteiger partial charge in [-0.2, -0.15) is 5.10 Å². The molecule has 5 heteroatoms. The first-order valence-corrected chi connectivity index (χ1v) is 9.17. The lowest BCUT2D eigenvalue weighted by Gasteiger charge is -2.45. The summed E-state index contributed by atoms with van der Waals surface area (Å²) in [7, 11) is 3.72. The van der Waals surface area contributed by atoms with Crippen LogP contribution in [-0.4, -0.2) is 31.8 Å². The van der Waals surface area contributed by atoms with Crippen LogP contribution in [0.2, 0.25) is 0 Å². The zero-order valence-corrected chi connectivity index (χ0v) is 16.6. The highest BCUT2D eigenvalue weighted by molar-refractivity contribution is 5.95. The third kappa shape index (κ3) is 3.97. The van der Waals surface area contributed by atoms with E-state index in [1.165, 1.54) is 11.3 Å². The molecular formula is C22H27N3O2. The van der Waals surface area contributed by atoms with Crippen LogP contribution in [0, 0.1) is 0 Å². The van der Waals surface area contributed by atoms with E-state index in [1.807, 2.05) is 6.07 Å². The number of ether oxygens (including phenoxy) is 1. The molecule has 142 valence electrons. The smallest absolute Gasteiger partial charge is 0.271 e. The number of carbonyl (C=O) groups is 1. The minimum atomic E-state index is -0.266. The van der Waals surface area contributed by atoms with E-state index in [4.69, 9.17) is 4.74 Å². The molecule has 0 saturated carbocycles. The number of fused-ring (bicyclic) bond motifs is 1. The van der Waals surface area contributed by atoms with Crippen LogP contribution in [0.25, 0.3) is 0 Å².